The molecule has 1 unspecified atom stereocenters. The number of amides is 1. The third-order valence-electron chi connectivity index (χ3n) is 5.37. The van der Waals surface area contributed by atoms with Crippen LogP contribution in [0.5, 0.6) is 0 Å². The molecule has 0 bridgehead atoms. The molecule has 0 saturated carbocycles. The van der Waals surface area contributed by atoms with Crippen LogP contribution in [-0.2, 0) is 11.3 Å². The molecule has 0 spiro atoms. The summed E-state index contributed by atoms with van der Waals surface area (Å²) in [6.07, 6.45) is 5.40. The van der Waals surface area contributed by atoms with Crippen molar-refractivity contribution in [2.45, 2.75) is 31.9 Å². The number of halogens is 2. The molecule has 164 valence electrons. The first-order valence-corrected chi connectivity index (χ1v) is 10.0. The highest BCUT2D eigenvalue weighted by Crippen LogP contribution is 2.28. The number of rotatable bonds is 7. The predicted molar refractivity (Wildman–Crippen MR) is 114 cm³/mol. The van der Waals surface area contributed by atoms with E-state index in [0.717, 1.165) is 18.2 Å². The summed E-state index contributed by atoms with van der Waals surface area (Å²) in [6, 6.07) is 1.99. The van der Waals surface area contributed by atoms with Crippen LogP contribution in [0.3, 0.4) is 0 Å². The number of nitrogens with zero attached hydrogens (tertiary/aromatic N) is 6. The molecule has 0 radical (unpaired) electrons. The molecule has 3 aromatic rings. The van der Waals surface area contributed by atoms with E-state index in [-0.39, 0.29) is 11.9 Å². The molecule has 1 fully saturated rings. The van der Waals surface area contributed by atoms with Crippen molar-refractivity contribution in [1.29, 1.82) is 0 Å². The van der Waals surface area contributed by atoms with Crippen LogP contribution in [0.1, 0.15) is 12.8 Å². The predicted octanol–water partition coefficient (Wildman–Crippen LogP) is 2.78. The SMILES string of the molecule is C=CC(=O)N1CCCC(N(C)c2nc(Nc3cnn(CC(F)F)c3)nc3[nH]ccc23)C1. The molecule has 2 N–H and O–H groups in total. The third kappa shape index (κ3) is 4.49. The van der Waals surface area contributed by atoms with Crippen LogP contribution in [-0.4, -0.2) is 68.1 Å². The highest BCUT2D eigenvalue weighted by atomic mass is 19.3. The van der Waals surface area contributed by atoms with Gasteiger partial charge in [0.25, 0.3) is 6.43 Å². The Morgan fingerprint density at radius 2 is 2.32 bits per heavy atom. The van der Waals surface area contributed by atoms with E-state index < -0.39 is 13.0 Å². The van der Waals surface area contributed by atoms with Gasteiger partial charge in [0.05, 0.1) is 17.3 Å². The number of nitrogens with one attached hydrogen (secondary N) is 2. The van der Waals surface area contributed by atoms with Crippen molar-refractivity contribution in [2.75, 3.05) is 30.4 Å². The Balaban J connectivity index is 1.59. The number of piperidine rings is 1. The van der Waals surface area contributed by atoms with E-state index in [4.69, 9.17) is 0 Å². The van der Waals surface area contributed by atoms with Crippen LogP contribution in [0, 0.1) is 0 Å². The van der Waals surface area contributed by atoms with Gasteiger partial charge in [-0.25, -0.2) is 8.78 Å². The normalized spacial score (nSPS) is 16.6. The second kappa shape index (κ2) is 8.70. The lowest BCUT2D eigenvalue weighted by Gasteiger charge is -2.38. The Labute approximate surface area is 177 Å². The fraction of sp³-hybridized carbons (Fsp3) is 0.400. The summed E-state index contributed by atoms with van der Waals surface area (Å²) in [4.78, 5) is 28.2. The molecule has 0 aromatic carbocycles. The number of anilines is 3. The largest absolute Gasteiger partial charge is 0.354 e. The topological polar surface area (TPSA) is 95.0 Å². The summed E-state index contributed by atoms with van der Waals surface area (Å²) >= 11 is 0. The molecule has 3 aromatic heterocycles. The number of H-pyrrole nitrogens is 1. The summed E-state index contributed by atoms with van der Waals surface area (Å²) in [5.74, 6) is 0.964. The zero-order valence-corrected chi connectivity index (χ0v) is 17.1. The number of likely N-dealkylation sites (N-methyl/N-ethyl adjacent to an activating group) is 1. The summed E-state index contributed by atoms with van der Waals surface area (Å²) in [6.45, 7) is 4.40. The van der Waals surface area contributed by atoms with Gasteiger partial charge in [0, 0.05) is 38.6 Å². The lowest BCUT2D eigenvalue weighted by Crippen LogP contribution is -2.48. The molecule has 1 aliphatic rings. The quantitative estimate of drug-likeness (QED) is 0.560. The molecule has 1 amide bonds. The number of hydrogen-bond acceptors (Lipinski definition) is 6. The van der Waals surface area contributed by atoms with Gasteiger partial charge >= 0.3 is 0 Å². The molecule has 1 aliphatic heterocycles. The van der Waals surface area contributed by atoms with Crippen molar-refractivity contribution in [3.8, 4) is 0 Å². The number of carbonyl (C=O) groups excluding carboxylic acids is 1. The van der Waals surface area contributed by atoms with E-state index >= 15 is 0 Å². The fourth-order valence-electron chi connectivity index (χ4n) is 3.82. The number of fused-ring (bicyclic) bond motifs is 1. The van der Waals surface area contributed by atoms with Gasteiger partial charge < -0.3 is 20.1 Å². The first-order chi connectivity index (χ1) is 14.9. The zero-order chi connectivity index (χ0) is 22.0. The molecule has 0 aliphatic carbocycles. The molecular weight excluding hydrogens is 406 g/mol. The number of aromatic amines is 1. The zero-order valence-electron chi connectivity index (χ0n) is 17.1. The molecule has 4 rings (SSSR count). The van der Waals surface area contributed by atoms with Crippen LogP contribution in [0.4, 0.5) is 26.2 Å². The highest BCUT2D eigenvalue weighted by Gasteiger charge is 2.27. The van der Waals surface area contributed by atoms with Crippen LogP contribution in [0.15, 0.2) is 37.3 Å². The smallest absolute Gasteiger partial charge is 0.257 e. The fourth-order valence-corrected chi connectivity index (χ4v) is 3.82. The van der Waals surface area contributed by atoms with Gasteiger partial charge in [-0.1, -0.05) is 6.58 Å². The second-order valence-corrected chi connectivity index (χ2v) is 7.47. The molecule has 31 heavy (non-hydrogen) atoms. The Morgan fingerprint density at radius 3 is 3.10 bits per heavy atom. The first kappa shape index (κ1) is 20.8. The first-order valence-electron chi connectivity index (χ1n) is 10.0. The molecule has 9 nitrogen and oxygen atoms in total. The Kier molecular flexibility index (Phi) is 5.83. The monoisotopic (exact) mass is 430 g/mol. The third-order valence-corrected chi connectivity index (χ3v) is 5.37. The number of carbonyl (C=O) groups is 1. The van der Waals surface area contributed by atoms with Crippen LogP contribution < -0.4 is 10.2 Å². The Morgan fingerprint density at radius 1 is 1.48 bits per heavy atom. The van der Waals surface area contributed by atoms with Crippen LogP contribution in [0.25, 0.3) is 11.0 Å². The minimum atomic E-state index is -2.48. The van der Waals surface area contributed by atoms with Crippen molar-refractivity contribution in [3.63, 3.8) is 0 Å². The Bertz CT molecular complexity index is 1080. The van der Waals surface area contributed by atoms with Crippen molar-refractivity contribution >= 4 is 34.4 Å². The summed E-state index contributed by atoms with van der Waals surface area (Å²) < 4.78 is 26.3. The molecule has 4 heterocycles. The highest BCUT2D eigenvalue weighted by molar-refractivity contribution is 5.89. The number of hydrogen-bond donors (Lipinski definition) is 2. The Hall–Kier alpha value is -3.50. The molecular formula is C20H24F2N8O. The summed E-state index contributed by atoms with van der Waals surface area (Å²) in [5.41, 5.74) is 1.16. The minimum Gasteiger partial charge on any atom is -0.354 e. The standard InChI is InChI=1S/C20H24F2N8O/c1-3-17(31)29-8-4-5-14(11-29)28(2)19-15-6-7-23-18(15)26-20(27-19)25-13-9-24-30(10-13)12-16(21)22/h3,6-7,9-10,14,16H,1,4-5,8,11-12H2,2H3,(H2,23,25,26,27). The van der Waals surface area contributed by atoms with Gasteiger partial charge in [0.2, 0.25) is 11.9 Å². The van der Waals surface area contributed by atoms with Gasteiger partial charge in [-0.05, 0) is 25.0 Å². The number of likely N-dealkylation sites (tertiary alicyclic amines) is 1. The maximum atomic E-state index is 12.6. The van der Waals surface area contributed by atoms with E-state index in [1.165, 1.54) is 23.2 Å². The lowest BCUT2D eigenvalue weighted by atomic mass is 10.0. The van der Waals surface area contributed by atoms with E-state index in [0.29, 0.717) is 36.2 Å². The van der Waals surface area contributed by atoms with Crippen molar-refractivity contribution in [3.05, 3.63) is 37.3 Å². The minimum absolute atomic E-state index is 0.0734. The number of aromatic nitrogens is 5. The van der Waals surface area contributed by atoms with Crippen molar-refractivity contribution in [1.82, 2.24) is 29.6 Å². The molecule has 1 atom stereocenters. The van der Waals surface area contributed by atoms with Gasteiger partial charge in [-0.3, -0.25) is 9.48 Å². The van der Waals surface area contributed by atoms with Gasteiger partial charge in [0.1, 0.15) is 18.0 Å². The number of alkyl halides is 2. The van der Waals surface area contributed by atoms with Crippen molar-refractivity contribution in [2.24, 2.45) is 0 Å². The molecule has 1 saturated heterocycles. The maximum Gasteiger partial charge on any atom is 0.257 e. The molecule has 11 heteroatoms. The van der Waals surface area contributed by atoms with Gasteiger partial charge in [-0.15, -0.1) is 0 Å². The summed E-state index contributed by atoms with van der Waals surface area (Å²) in [7, 11) is 1.95. The van der Waals surface area contributed by atoms with Crippen LogP contribution >= 0.6 is 0 Å². The van der Waals surface area contributed by atoms with Crippen LogP contribution in [0.2, 0.25) is 0 Å². The van der Waals surface area contributed by atoms with E-state index in [9.17, 15) is 13.6 Å². The van der Waals surface area contributed by atoms with E-state index in [2.05, 4.69) is 36.8 Å². The maximum absolute atomic E-state index is 12.6. The van der Waals surface area contributed by atoms with Crippen molar-refractivity contribution < 1.29 is 13.6 Å². The average molecular weight is 430 g/mol. The van der Waals surface area contributed by atoms with Gasteiger partial charge in [-0.2, -0.15) is 15.1 Å². The second-order valence-electron chi connectivity index (χ2n) is 7.47. The summed E-state index contributed by atoms with van der Waals surface area (Å²) in [5, 5.41) is 7.82. The van der Waals surface area contributed by atoms with E-state index in [1.54, 1.807) is 11.1 Å². The average Bonchev–Trinajstić information content (AvgIpc) is 3.41. The van der Waals surface area contributed by atoms with E-state index in [1.807, 2.05) is 13.1 Å². The van der Waals surface area contributed by atoms with Gasteiger partial charge in [0.15, 0.2) is 0 Å². The lowest BCUT2D eigenvalue weighted by molar-refractivity contribution is -0.127.